The zero-order valence-corrected chi connectivity index (χ0v) is 13.5. The normalized spacial score (nSPS) is 12.2. The van der Waals surface area contributed by atoms with Gasteiger partial charge in [-0.1, -0.05) is 45.4 Å². The van der Waals surface area contributed by atoms with E-state index in [2.05, 4.69) is 24.9 Å². The highest BCUT2D eigenvalue weighted by atomic mass is 35.5. The van der Waals surface area contributed by atoms with Crippen LogP contribution >= 0.6 is 11.6 Å². The molecule has 0 bridgehead atoms. The van der Waals surface area contributed by atoms with Crippen LogP contribution in [-0.2, 0) is 0 Å². The Bertz CT molecular complexity index is 456. The fourth-order valence-electron chi connectivity index (χ4n) is 1.62. The summed E-state index contributed by atoms with van der Waals surface area (Å²) in [6.45, 7) is 10.2. The van der Waals surface area contributed by atoms with E-state index >= 15 is 0 Å². The molecule has 3 heteroatoms. The maximum Gasteiger partial charge on any atom is 0.0485 e. The van der Waals surface area contributed by atoms with Crippen LogP contribution in [0.1, 0.15) is 51.7 Å². The quantitative estimate of drug-likeness (QED) is 0.787. The zero-order valence-electron chi connectivity index (χ0n) is 12.8. The van der Waals surface area contributed by atoms with Crippen LogP contribution in [0.3, 0.4) is 0 Å². The van der Waals surface area contributed by atoms with Gasteiger partial charge in [-0.3, -0.25) is 4.99 Å². The van der Waals surface area contributed by atoms with Crippen molar-refractivity contribution in [3.05, 3.63) is 40.0 Å². The molecule has 1 aromatic rings. The lowest BCUT2D eigenvalue weighted by Crippen LogP contribution is -2.01. The van der Waals surface area contributed by atoms with E-state index in [1.807, 2.05) is 32.9 Å². The lowest BCUT2D eigenvalue weighted by Gasteiger charge is -2.12. The van der Waals surface area contributed by atoms with Crippen LogP contribution in [0.4, 0.5) is 0 Å². The molecule has 1 rings (SSSR count). The second kappa shape index (κ2) is 8.76. The van der Waals surface area contributed by atoms with Gasteiger partial charge in [-0.05, 0) is 30.5 Å². The van der Waals surface area contributed by atoms with Crippen LogP contribution < -0.4 is 5.73 Å². The summed E-state index contributed by atoms with van der Waals surface area (Å²) in [6, 6.07) is 6.04. The van der Waals surface area contributed by atoms with E-state index in [-0.39, 0.29) is 0 Å². The summed E-state index contributed by atoms with van der Waals surface area (Å²) in [5.41, 5.74) is 9.68. The molecule has 0 radical (unpaired) electrons. The minimum atomic E-state index is 0.462. The van der Waals surface area contributed by atoms with Gasteiger partial charge < -0.3 is 5.73 Å². The summed E-state index contributed by atoms with van der Waals surface area (Å²) < 4.78 is 0. The molecule has 0 spiro atoms. The Morgan fingerprint density at radius 1 is 1.32 bits per heavy atom. The fourth-order valence-corrected chi connectivity index (χ4v) is 1.84. The third-order valence-electron chi connectivity index (χ3n) is 2.63. The van der Waals surface area contributed by atoms with Gasteiger partial charge >= 0.3 is 0 Å². The summed E-state index contributed by atoms with van der Waals surface area (Å²) in [6.07, 6.45) is 1.75. The van der Waals surface area contributed by atoms with Crippen molar-refractivity contribution in [2.45, 2.75) is 40.5 Å². The summed E-state index contributed by atoms with van der Waals surface area (Å²) in [4.78, 5) is 4.03. The average Bonchev–Trinajstić information content (AvgIpc) is 2.38. The Balaban J connectivity index is 0.00000154. The molecule has 1 aromatic carbocycles. The van der Waals surface area contributed by atoms with E-state index in [9.17, 15) is 0 Å². The SMILES string of the molecule is CC.CN=C/C(=C(/C)N)c1cc(C(C)C)ccc1Cl. The first-order valence-electron chi connectivity index (χ1n) is 6.65. The second-order valence-corrected chi connectivity index (χ2v) is 4.79. The van der Waals surface area contributed by atoms with Gasteiger partial charge in [0, 0.05) is 35.1 Å². The minimum Gasteiger partial charge on any atom is -0.402 e. The van der Waals surface area contributed by atoms with Gasteiger partial charge in [-0.25, -0.2) is 0 Å². The van der Waals surface area contributed by atoms with Crippen LogP contribution in [0.2, 0.25) is 5.02 Å². The van der Waals surface area contributed by atoms with Crippen molar-refractivity contribution < 1.29 is 0 Å². The van der Waals surface area contributed by atoms with Crippen LogP contribution in [0.5, 0.6) is 0 Å². The third kappa shape index (κ3) is 5.07. The monoisotopic (exact) mass is 280 g/mol. The molecule has 106 valence electrons. The maximum atomic E-state index is 6.22. The highest BCUT2D eigenvalue weighted by Crippen LogP contribution is 2.28. The van der Waals surface area contributed by atoms with Crippen LogP contribution in [0, 0.1) is 0 Å². The molecule has 0 saturated carbocycles. The largest absolute Gasteiger partial charge is 0.402 e. The van der Waals surface area contributed by atoms with E-state index in [1.165, 1.54) is 5.56 Å². The summed E-state index contributed by atoms with van der Waals surface area (Å²) in [5.74, 6) is 0.462. The molecular weight excluding hydrogens is 256 g/mol. The van der Waals surface area contributed by atoms with Gasteiger partial charge in [-0.2, -0.15) is 0 Å². The molecule has 0 amide bonds. The maximum absolute atomic E-state index is 6.22. The molecule has 0 heterocycles. The van der Waals surface area contributed by atoms with E-state index in [1.54, 1.807) is 13.3 Å². The first kappa shape index (κ1) is 17.7. The number of halogens is 1. The van der Waals surface area contributed by atoms with Gasteiger partial charge in [0.05, 0.1) is 0 Å². The number of allylic oxidation sites excluding steroid dienone is 2. The molecule has 0 aliphatic heterocycles. The standard InChI is InChI=1S/C14H19ClN2.C2H6/c1-9(2)11-5-6-14(15)12(7-11)13(8-17-4)10(3)16;1-2/h5-9H,16H2,1-4H3;1-2H3/b13-10+,17-8?;. The second-order valence-electron chi connectivity index (χ2n) is 4.38. The fraction of sp³-hybridized carbons (Fsp3) is 0.438. The van der Waals surface area contributed by atoms with Gasteiger partial charge in [0.1, 0.15) is 0 Å². The number of nitrogens with zero attached hydrogens (tertiary/aromatic N) is 1. The van der Waals surface area contributed by atoms with Crippen LogP contribution in [0.15, 0.2) is 28.9 Å². The van der Waals surface area contributed by atoms with Gasteiger partial charge in [0.25, 0.3) is 0 Å². The van der Waals surface area contributed by atoms with Crippen molar-refractivity contribution in [2.24, 2.45) is 10.7 Å². The smallest absolute Gasteiger partial charge is 0.0485 e. The molecule has 0 fully saturated rings. The average molecular weight is 281 g/mol. The number of hydrogen-bond acceptors (Lipinski definition) is 2. The van der Waals surface area contributed by atoms with Crippen molar-refractivity contribution in [3.8, 4) is 0 Å². The van der Waals surface area contributed by atoms with Crippen LogP contribution in [-0.4, -0.2) is 13.3 Å². The number of benzene rings is 1. The Morgan fingerprint density at radius 2 is 1.89 bits per heavy atom. The van der Waals surface area contributed by atoms with Crippen LogP contribution in [0.25, 0.3) is 5.57 Å². The zero-order chi connectivity index (χ0) is 15.0. The van der Waals surface area contributed by atoms with E-state index in [0.29, 0.717) is 10.9 Å². The lowest BCUT2D eigenvalue weighted by atomic mass is 9.97. The molecule has 0 saturated heterocycles. The molecule has 0 aromatic heterocycles. The predicted octanol–water partition coefficient (Wildman–Crippen LogP) is 4.88. The van der Waals surface area contributed by atoms with Crippen molar-refractivity contribution >= 4 is 23.4 Å². The van der Waals surface area contributed by atoms with E-state index < -0.39 is 0 Å². The first-order chi connectivity index (χ1) is 8.97. The van der Waals surface area contributed by atoms with Gasteiger partial charge in [0.15, 0.2) is 0 Å². The highest BCUT2D eigenvalue weighted by molar-refractivity contribution is 6.34. The lowest BCUT2D eigenvalue weighted by molar-refractivity contribution is 0.866. The topological polar surface area (TPSA) is 38.4 Å². The summed E-state index contributed by atoms with van der Waals surface area (Å²) in [7, 11) is 1.73. The number of hydrogen-bond donors (Lipinski definition) is 1. The third-order valence-corrected chi connectivity index (χ3v) is 2.96. The minimum absolute atomic E-state index is 0.462. The van der Waals surface area contributed by atoms with Gasteiger partial charge in [0.2, 0.25) is 0 Å². The van der Waals surface area contributed by atoms with Crippen molar-refractivity contribution in [2.75, 3.05) is 7.05 Å². The number of aliphatic imine (C=N–C) groups is 1. The molecule has 0 aliphatic rings. The summed E-state index contributed by atoms with van der Waals surface area (Å²) >= 11 is 6.22. The molecule has 2 nitrogen and oxygen atoms in total. The Labute approximate surface area is 122 Å². The predicted molar refractivity (Wildman–Crippen MR) is 88.1 cm³/mol. The highest BCUT2D eigenvalue weighted by Gasteiger charge is 2.09. The van der Waals surface area contributed by atoms with Crippen molar-refractivity contribution in [1.82, 2.24) is 0 Å². The van der Waals surface area contributed by atoms with Crippen molar-refractivity contribution in [1.29, 1.82) is 0 Å². The molecular formula is C16H25ClN2. The summed E-state index contributed by atoms with van der Waals surface area (Å²) in [5, 5.41) is 0.703. The molecule has 0 aliphatic carbocycles. The molecule has 0 atom stereocenters. The van der Waals surface area contributed by atoms with Crippen molar-refractivity contribution in [3.63, 3.8) is 0 Å². The number of nitrogens with two attached hydrogens (primary N) is 1. The Morgan fingerprint density at radius 3 is 2.32 bits per heavy atom. The Hall–Kier alpha value is -1.28. The van der Waals surface area contributed by atoms with E-state index in [0.717, 1.165) is 16.8 Å². The van der Waals surface area contributed by atoms with Gasteiger partial charge in [-0.15, -0.1) is 0 Å². The first-order valence-corrected chi connectivity index (χ1v) is 7.03. The molecule has 0 unspecified atom stereocenters. The Kier molecular flexibility index (Phi) is 8.17. The number of rotatable bonds is 3. The van der Waals surface area contributed by atoms with E-state index in [4.69, 9.17) is 17.3 Å². The molecule has 2 N–H and O–H groups in total. The molecule has 19 heavy (non-hydrogen) atoms.